The van der Waals surface area contributed by atoms with Crippen molar-refractivity contribution in [3.05, 3.63) is 0 Å². The molecule has 126 valence electrons. The summed E-state index contributed by atoms with van der Waals surface area (Å²) in [5.41, 5.74) is 0. The smallest absolute Gasteiger partial charge is 0.00222 e. The van der Waals surface area contributed by atoms with Gasteiger partial charge in [-0.2, -0.15) is 0 Å². The lowest BCUT2D eigenvalue weighted by Gasteiger charge is -2.13. The van der Waals surface area contributed by atoms with Crippen molar-refractivity contribution >= 4 is 0 Å². The Kier molecular flexibility index (Phi) is 12.3. The third-order valence-corrected chi connectivity index (χ3v) is 4.96. The second-order valence-corrected chi connectivity index (χ2v) is 6.93. The number of nitrogens with one attached hydrogen (secondary N) is 1. The van der Waals surface area contributed by atoms with E-state index in [1.165, 1.54) is 103 Å². The monoisotopic (exact) mass is 296 g/mol. The van der Waals surface area contributed by atoms with Crippen molar-refractivity contribution in [2.24, 2.45) is 5.92 Å². The SMILES string of the molecule is CCCCCCCCCCCCNCC1CCN(CC)C1. The van der Waals surface area contributed by atoms with Crippen LogP contribution in [0.15, 0.2) is 0 Å². The topological polar surface area (TPSA) is 15.3 Å². The minimum absolute atomic E-state index is 0.910. The fraction of sp³-hybridized carbons (Fsp3) is 1.00. The summed E-state index contributed by atoms with van der Waals surface area (Å²) in [7, 11) is 0. The highest BCUT2D eigenvalue weighted by molar-refractivity contribution is 4.76. The van der Waals surface area contributed by atoms with Gasteiger partial charge in [0.05, 0.1) is 0 Å². The normalized spacial score (nSPS) is 19.4. The van der Waals surface area contributed by atoms with Crippen LogP contribution in [-0.4, -0.2) is 37.6 Å². The maximum Gasteiger partial charge on any atom is 0.00222 e. The average Bonchev–Trinajstić information content (AvgIpc) is 2.96. The molecule has 2 heteroatoms. The Morgan fingerprint density at radius 3 is 2.05 bits per heavy atom. The second kappa shape index (κ2) is 13.6. The third-order valence-electron chi connectivity index (χ3n) is 4.96. The molecule has 2 nitrogen and oxygen atoms in total. The Bertz CT molecular complexity index is 218. The van der Waals surface area contributed by atoms with Crippen LogP contribution >= 0.6 is 0 Å². The molecule has 1 heterocycles. The third kappa shape index (κ3) is 10.3. The van der Waals surface area contributed by atoms with Crippen molar-refractivity contribution < 1.29 is 0 Å². The van der Waals surface area contributed by atoms with Gasteiger partial charge in [-0.25, -0.2) is 0 Å². The molecule has 1 unspecified atom stereocenters. The standard InChI is InChI=1S/C19H40N2/c1-3-5-6-7-8-9-10-11-12-13-15-20-17-19-14-16-21(4-2)18-19/h19-20H,3-18H2,1-2H3. The minimum atomic E-state index is 0.910. The molecule has 0 aromatic rings. The predicted octanol–water partition coefficient (Wildman–Crippen LogP) is 4.84. The van der Waals surface area contributed by atoms with Gasteiger partial charge in [-0.3, -0.25) is 0 Å². The lowest BCUT2D eigenvalue weighted by Crippen LogP contribution is -2.27. The number of hydrogen-bond donors (Lipinski definition) is 1. The molecule has 21 heavy (non-hydrogen) atoms. The summed E-state index contributed by atoms with van der Waals surface area (Å²) in [6, 6.07) is 0. The molecule has 0 bridgehead atoms. The first-order valence-corrected chi connectivity index (χ1v) is 9.79. The van der Waals surface area contributed by atoms with Crippen molar-refractivity contribution in [2.75, 3.05) is 32.7 Å². The molecular formula is C19H40N2. The number of unbranched alkanes of at least 4 members (excludes halogenated alkanes) is 9. The summed E-state index contributed by atoms with van der Waals surface area (Å²) in [5, 5.41) is 3.67. The van der Waals surface area contributed by atoms with Gasteiger partial charge in [0.2, 0.25) is 0 Å². The van der Waals surface area contributed by atoms with Crippen LogP contribution in [0.5, 0.6) is 0 Å². The molecule has 1 atom stereocenters. The molecule has 0 aromatic carbocycles. The molecule has 0 spiro atoms. The molecule has 0 saturated carbocycles. The van der Waals surface area contributed by atoms with Crippen LogP contribution in [0.2, 0.25) is 0 Å². The van der Waals surface area contributed by atoms with E-state index in [9.17, 15) is 0 Å². The Morgan fingerprint density at radius 2 is 1.48 bits per heavy atom. The van der Waals surface area contributed by atoms with Gasteiger partial charge >= 0.3 is 0 Å². The first kappa shape index (κ1) is 19.0. The van der Waals surface area contributed by atoms with E-state index in [1.807, 2.05) is 0 Å². The zero-order chi connectivity index (χ0) is 15.2. The number of likely N-dealkylation sites (tertiary alicyclic amines) is 1. The van der Waals surface area contributed by atoms with Crippen LogP contribution in [0.3, 0.4) is 0 Å². The first-order chi connectivity index (χ1) is 10.4. The summed E-state index contributed by atoms with van der Waals surface area (Å²) in [4.78, 5) is 2.58. The van der Waals surface area contributed by atoms with Gasteiger partial charge in [0.15, 0.2) is 0 Å². The second-order valence-electron chi connectivity index (χ2n) is 6.93. The summed E-state index contributed by atoms with van der Waals surface area (Å²) >= 11 is 0. The molecule has 0 amide bonds. The largest absolute Gasteiger partial charge is 0.316 e. The highest BCUT2D eigenvalue weighted by Crippen LogP contribution is 2.14. The zero-order valence-electron chi connectivity index (χ0n) is 14.8. The van der Waals surface area contributed by atoms with Gasteiger partial charge < -0.3 is 10.2 Å². The Labute approximate surface area is 134 Å². The van der Waals surface area contributed by atoms with Crippen LogP contribution in [0.1, 0.15) is 84.5 Å². The van der Waals surface area contributed by atoms with E-state index in [-0.39, 0.29) is 0 Å². The van der Waals surface area contributed by atoms with Crippen molar-refractivity contribution in [3.63, 3.8) is 0 Å². The first-order valence-electron chi connectivity index (χ1n) is 9.79. The molecule has 0 radical (unpaired) electrons. The van der Waals surface area contributed by atoms with Gasteiger partial charge in [-0.05, 0) is 44.9 Å². The number of nitrogens with zero attached hydrogens (tertiary/aromatic N) is 1. The van der Waals surface area contributed by atoms with E-state index in [1.54, 1.807) is 0 Å². The molecule has 1 N–H and O–H groups in total. The molecule has 1 rings (SSSR count). The van der Waals surface area contributed by atoms with Gasteiger partial charge in [-0.15, -0.1) is 0 Å². The van der Waals surface area contributed by atoms with Crippen LogP contribution in [0, 0.1) is 5.92 Å². The quantitative estimate of drug-likeness (QED) is 0.461. The molecule has 1 aliphatic rings. The number of rotatable bonds is 14. The van der Waals surface area contributed by atoms with E-state index >= 15 is 0 Å². The van der Waals surface area contributed by atoms with Gasteiger partial charge in [0.25, 0.3) is 0 Å². The Balaban J connectivity index is 1.73. The van der Waals surface area contributed by atoms with Gasteiger partial charge in [0, 0.05) is 6.54 Å². The summed E-state index contributed by atoms with van der Waals surface area (Å²) in [6.45, 7) is 10.9. The maximum absolute atomic E-state index is 3.67. The Morgan fingerprint density at radius 1 is 0.857 bits per heavy atom. The average molecular weight is 297 g/mol. The van der Waals surface area contributed by atoms with Crippen LogP contribution in [-0.2, 0) is 0 Å². The zero-order valence-corrected chi connectivity index (χ0v) is 14.8. The minimum Gasteiger partial charge on any atom is -0.316 e. The fourth-order valence-corrected chi connectivity index (χ4v) is 3.41. The predicted molar refractivity (Wildman–Crippen MR) is 94.9 cm³/mol. The van der Waals surface area contributed by atoms with Crippen LogP contribution < -0.4 is 5.32 Å². The maximum atomic E-state index is 3.67. The number of hydrogen-bond acceptors (Lipinski definition) is 2. The summed E-state index contributed by atoms with van der Waals surface area (Å²) in [6.07, 6.45) is 15.8. The van der Waals surface area contributed by atoms with Crippen molar-refractivity contribution in [3.8, 4) is 0 Å². The molecular weight excluding hydrogens is 256 g/mol. The van der Waals surface area contributed by atoms with E-state index in [4.69, 9.17) is 0 Å². The lowest BCUT2D eigenvalue weighted by molar-refractivity contribution is 0.338. The summed E-state index contributed by atoms with van der Waals surface area (Å²) in [5.74, 6) is 0.910. The van der Waals surface area contributed by atoms with Crippen molar-refractivity contribution in [2.45, 2.75) is 84.5 Å². The van der Waals surface area contributed by atoms with Gasteiger partial charge in [-0.1, -0.05) is 71.6 Å². The molecule has 0 aromatic heterocycles. The van der Waals surface area contributed by atoms with E-state index in [0.717, 1.165) is 5.92 Å². The molecule has 1 aliphatic heterocycles. The van der Waals surface area contributed by atoms with E-state index in [2.05, 4.69) is 24.1 Å². The van der Waals surface area contributed by atoms with Crippen LogP contribution in [0.4, 0.5) is 0 Å². The van der Waals surface area contributed by atoms with Crippen LogP contribution in [0.25, 0.3) is 0 Å². The molecule has 0 aliphatic carbocycles. The van der Waals surface area contributed by atoms with Crippen molar-refractivity contribution in [1.82, 2.24) is 10.2 Å². The fourth-order valence-electron chi connectivity index (χ4n) is 3.41. The van der Waals surface area contributed by atoms with Gasteiger partial charge in [0.1, 0.15) is 0 Å². The van der Waals surface area contributed by atoms with Crippen molar-refractivity contribution in [1.29, 1.82) is 0 Å². The molecule has 1 saturated heterocycles. The highest BCUT2D eigenvalue weighted by Gasteiger charge is 2.20. The Hall–Kier alpha value is -0.0800. The van der Waals surface area contributed by atoms with E-state index < -0.39 is 0 Å². The highest BCUT2D eigenvalue weighted by atomic mass is 15.1. The molecule has 1 fully saturated rings. The van der Waals surface area contributed by atoms with E-state index in [0.29, 0.717) is 0 Å². The summed E-state index contributed by atoms with van der Waals surface area (Å²) < 4.78 is 0. The lowest BCUT2D eigenvalue weighted by atomic mass is 10.1.